The predicted octanol–water partition coefficient (Wildman–Crippen LogP) is -1.21. The Hall–Kier alpha value is 0.0969. The fraction of sp³-hybridized carbons (Fsp3) is 1.00. The lowest BCUT2D eigenvalue weighted by molar-refractivity contribution is 0.308. The molecule has 0 aromatic rings. The molecule has 3 N–H and O–H groups in total. The topological polar surface area (TPSA) is 36.1 Å². The molecule has 0 saturated heterocycles. The summed E-state index contributed by atoms with van der Waals surface area (Å²) in [6, 6.07) is 0.562. The van der Waals surface area contributed by atoms with Crippen molar-refractivity contribution < 1.29 is 0 Å². The second-order valence-electron chi connectivity index (χ2n) is 3.08. The third kappa shape index (κ3) is 3.86. The maximum Gasteiger partial charge on any atom is 0.0968 e. The Bertz CT molecular complexity index is 104. The van der Waals surface area contributed by atoms with E-state index in [4.69, 9.17) is 0 Å². The van der Waals surface area contributed by atoms with Gasteiger partial charge in [-0.25, -0.2) is 0 Å². The van der Waals surface area contributed by atoms with Crippen LogP contribution in [0.3, 0.4) is 0 Å². The summed E-state index contributed by atoms with van der Waals surface area (Å²) in [4.78, 5) is 0. The summed E-state index contributed by atoms with van der Waals surface area (Å²) in [5.41, 5.74) is -0.00454. The molecule has 0 bridgehead atoms. The van der Waals surface area contributed by atoms with E-state index in [1.807, 2.05) is 14.1 Å². The highest BCUT2D eigenvalue weighted by Crippen LogP contribution is 1.93. The van der Waals surface area contributed by atoms with Gasteiger partial charge >= 0.3 is 0 Å². The van der Waals surface area contributed by atoms with Crippen molar-refractivity contribution in [2.45, 2.75) is 31.7 Å². The van der Waals surface area contributed by atoms with E-state index in [-0.39, 0.29) is 5.41 Å². The monoisotopic (exact) mass is 175 g/mol. The minimum Gasteiger partial charge on any atom is -0.294 e. The summed E-state index contributed by atoms with van der Waals surface area (Å²) in [7, 11) is 4.98. The second kappa shape index (κ2) is 4.87. The average Bonchev–Trinajstić information content (AvgIpc) is 2.04. The van der Waals surface area contributed by atoms with Gasteiger partial charge < -0.3 is 0 Å². The molecule has 0 spiro atoms. The fourth-order valence-electron chi connectivity index (χ4n) is 0.864. The van der Waals surface area contributed by atoms with Crippen molar-refractivity contribution in [1.29, 1.82) is 0 Å². The first-order chi connectivity index (χ1) is 5.08. The average molecular weight is 175 g/mol. The first-order valence-corrected chi connectivity index (χ1v) is 5.23. The molecule has 0 aliphatic rings. The van der Waals surface area contributed by atoms with Crippen molar-refractivity contribution in [3.8, 4) is 0 Å². The van der Waals surface area contributed by atoms with Gasteiger partial charge in [-0.05, 0) is 27.4 Å². The highest BCUT2D eigenvalue weighted by atomic mass is 28.1. The minimum atomic E-state index is -0.00454. The summed E-state index contributed by atoms with van der Waals surface area (Å²) in [5.74, 6) is 0. The summed E-state index contributed by atoms with van der Waals surface area (Å²) >= 11 is 0. The van der Waals surface area contributed by atoms with Crippen molar-refractivity contribution >= 4 is 10.2 Å². The molecule has 0 radical (unpaired) electrons. The second-order valence-corrected chi connectivity index (χ2v) is 4.58. The SMILES string of the molecule is CCC(C)NC([SiH3])(NC)NC. The van der Waals surface area contributed by atoms with Gasteiger partial charge in [-0.1, -0.05) is 6.92 Å². The zero-order chi connectivity index (χ0) is 8.91. The number of rotatable bonds is 5. The normalized spacial score (nSPS) is 15.3. The van der Waals surface area contributed by atoms with Crippen LogP contribution >= 0.6 is 0 Å². The van der Waals surface area contributed by atoms with E-state index in [9.17, 15) is 0 Å². The molecule has 0 saturated carbocycles. The predicted molar refractivity (Wildman–Crippen MR) is 53.7 cm³/mol. The molecule has 1 atom stereocenters. The van der Waals surface area contributed by atoms with Crippen molar-refractivity contribution in [1.82, 2.24) is 16.0 Å². The van der Waals surface area contributed by atoms with Crippen LogP contribution in [0.2, 0.25) is 0 Å². The van der Waals surface area contributed by atoms with Gasteiger partial charge in [0.2, 0.25) is 0 Å². The smallest absolute Gasteiger partial charge is 0.0968 e. The molecule has 11 heavy (non-hydrogen) atoms. The molecule has 0 heterocycles. The van der Waals surface area contributed by atoms with E-state index >= 15 is 0 Å². The fourth-order valence-corrected chi connectivity index (χ4v) is 1.36. The van der Waals surface area contributed by atoms with Crippen LogP contribution in [0.1, 0.15) is 20.3 Å². The molecule has 0 aromatic heterocycles. The van der Waals surface area contributed by atoms with Crippen molar-refractivity contribution in [2.24, 2.45) is 0 Å². The Balaban J connectivity index is 3.86. The molecule has 0 aromatic carbocycles. The third-order valence-corrected chi connectivity index (χ3v) is 3.44. The molecule has 68 valence electrons. The maximum atomic E-state index is 3.48. The van der Waals surface area contributed by atoms with Crippen LogP contribution in [-0.2, 0) is 0 Å². The van der Waals surface area contributed by atoms with Crippen molar-refractivity contribution in [2.75, 3.05) is 14.1 Å². The summed E-state index contributed by atoms with van der Waals surface area (Å²) in [5, 5.41) is 9.95. The largest absolute Gasteiger partial charge is 0.294 e. The molecular formula is C7H21N3Si. The highest BCUT2D eigenvalue weighted by molar-refractivity contribution is 6.14. The van der Waals surface area contributed by atoms with Crippen LogP contribution in [0.5, 0.6) is 0 Å². The first-order valence-electron chi connectivity index (χ1n) is 4.23. The van der Waals surface area contributed by atoms with Crippen LogP contribution in [0.15, 0.2) is 0 Å². The highest BCUT2D eigenvalue weighted by Gasteiger charge is 2.19. The lowest BCUT2D eigenvalue weighted by Gasteiger charge is -2.33. The lowest BCUT2D eigenvalue weighted by Crippen LogP contribution is -2.66. The Morgan fingerprint density at radius 1 is 1.36 bits per heavy atom. The summed E-state index contributed by atoms with van der Waals surface area (Å²) in [6.07, 6.45) is 1.16. The molecule has 4 heteroatoms. The van der Waals surface area contributed by atoms with Crippen LogP contribution < -0.4 is 16.0 Å². The number of hydrogen-bond donors (Lipinski definition) is 3. The van der Waals surface area contributed by atoms with Gasteiger partial charge in [0, 0.05) is 6.04 Å². The first kappa shape index (κ1) is 11.1. The summed E-state index contributed by atoms with van der Waals surface area (Å²) < 4.78 is 0. The zero-order valence-electron chi connectivity index (χ0n) is 8.28. The van der Waals surface area contributed by atoms with Gasteiger partial charge in [-0.2, -0.15) is 0 Å². The molecule has 3 nitrogen and oxygen atoms in total. The lowest BCUT2D eigenvalue weighted by atomic mass is 10.3. The Kier molecular flexibility index (Phi) is 4.91. The van der Waals surface area contributed by atoms with Gasteiger partial charge in [0.05, 0.1) is 15.7 Å². The number of nitrogens with one attached hydrogen (secondary N) is 3. The molecule has 0 aliphatic heterocycles. The van der Waals surface area contributed by atoms with Crippen molar-refractivity contribution in [3.05, 3.63) is 0 Å². The third-order valence-electron chi connectivity index (χ3n) is 2.15. The van der Waals surface area contributed by atoms with Crippen LogP contribution in [0.25, 0.3) is 0 Å². The van der Waals surface area contributed by atoms with E-state index in [1.165, 1.54) is 0 Å². The van der Waals surface area contributed by atoms with Gasteiger partial charge in [-0.3, -0.25) is 16.0 Å². The van der Waals surface area contributed by atoms with Gasteiger partial charge in [0.1, 0.15) is 0 Å². The van der Waals surface area contributed by atoms with Crippen LogP contribution in [0, 0.1) is 0 Å². The van der Waals surface area contributed by atoms with E-state index in [2.05, 4.69) is 29.8 Å². The quantitative estimate of drug-likeness (QED) is 0.362. The standard InChI is InChI=1S/C7H21N3Si/c1-5-6(2)10-7(11,8-3)9-4/h6,8-10H,5H2,1-4,11H3. The Morgan fingerprint density at radius 3 is 2.09 bits per heavy atom. The maximum absolute atomic E-state index is 3.48. The van der Waals surface area contributed by atoms with E-state index in [0.717, 1.165) is 16.7 Å². The molecular weight excluding hydrogens is 154 g/mol. The van der Waals surface area contributed by atoms with Crippen LogP contribution in [-0.4, -0.2) is 35.8 Å². The Labute approximate surface area is 72.7 Å². The Morgan fingerprint density at radius 2 is 1.82 bits per heavy atom. The molecule has 0 rings (SSSR count). The van der Waals surface area contributed by atoms with E-state index in [0.29, 0.717) is 6.04 Å². The van der Waals surface area contributed by atoms with Gasteiger partial charge in [0.25, 0.3) is 0 Å². The minimum absolute atomic E-state index is 0.00454. The molecule has 1 unspecified atom stereocenters. The number of hydrogen-bond acceptors (Lipinski definition) is 3. The van der Waals surface area contributed by atoms with Crippen molar-refractivity contribution in [3.63, 3.8) is 0 Å². The van der Waals surface area contributed by atoms with Gasteiger partial charge in [-0.15, -0.1) is 0 Å². The summed E-state index contributed by atoms with van der Waals surface area (Å²) in [6.45, 7) is 4.38. The van der Waals surface area contributed by atoms with E-state index in [1.54, 1.807) is 0 Å². The molecule has 0 fully saturated rings. The molecule has 0 aliphatic carbocycles. The van der Waals surface area contributed by atoms with E-state index < -0.39 is 0 Å². The zero-order valence-corrected chi connectivity index (χ0v) is 10.3. The van der Waals surface area contributed by atoms with Gasteiger partial charge in [0.15, 0.2) is 0 Å². The van der Waals surface area contributed by atoms with Crippen LogP contribution in [0.4, 0.5) is 0 Å². The molecule has 0 amide bonds.